The summed E-state index contributed by atoms with van der Waals surface area (Å²) in [6.45, 7) is 7.16. The van der Waals surface area contributed by atoms with Crippen LogP contribution in [-0.2, 0) is 16.5 Å². The number of hydrogen-bond donors (Lipinski definition) is 0. The summed E-state index contributed by atoms with van der Waals surface area (Å²) in [7, 11) is 1.99. The standard InChI is InChI=1S/C14H19BrN2O2/c1-5-18-14(19-6-2)13-16-11-8-10(15)9(3)7-12(11)17(13)4/h7-8,14H,5-6H2,1-4H3. The van der Waals surface area contributed by atoms with Gasteiger partial charge in [0.2, 0.25) is 6.29 Å². The highest BCUT2D eigenvalue weighted by atomic mass is 79.9. The first-order valence-electron chi connectivity index (χ1n) is 6.44. The van der Waals surface area contributed by atoms with Crippen LogP contribution in [0, 0.1) is 6.92 Å². The number of aromatic nitrogens is 2. The molecule has 0 saturated heterocycles. The third-order valence-electron chi connectivity index (χ3n) is 3.04. The van der Waals surface area contributed by atoms with Crippen molar-refractivity contribution < 1.29 is 9.47 Å². The van der Waals surface area contributed by atoms with E-state index in [-0.39, 0.29) is 0 Å². The number of imidazole rings is 1. The number of halogens is 1. The van der Waals surface area contributed by atoms with Gasteiger partial charge < -0.3 is 14.0 Å². The Balaban J connectivity index is 2.51. The van der Waals surface area contributed by atoms with E-state index < -0.39 is 6.29 Å². The zero-order valence-corrected chi connectivity index (χ0v) is 13.3. The average Bonchev–Trinajstić information content (AvgIpc) is 2.67. The van der Waals surface area contributed by atoms with Gasteiger partial charge in [-0.25, -0.2) is 4.98 Å². The lowest BCUT2D eigenvalue weighted by atomic mass is 10.2. The quantitative estimate of drug-likeness (QED) is 0.786. The van der Waals surface area contributed by atoms with Crippen molar-refractivity contribution >= 4 is 27.0 Å². The number of nitrogens with zero attached hydrogens (tertiary/aromatic N) is 2. The smallest absolute Gasteiger partial charge is 0.217 e. The van der Waals surface area contributed by atoms with Crippen molar-refractivity contribution in [2.45, 2.75) is 27.1 Å². The van der Waals surface area contributed by atoms with Crippen LogP contribution >= 0.6 is 15.9 Å². The van der Waals surface area contributed by atoms with Crippen LogP contribution in [0.1, 0.15) is 31.5 Å². The van der Waals surface area contributed by atoms with Crippen molar-refractivity contribution in [3.63, 3.8) is 0 Å². The average molecular weight is 327 g/mol. The van der Waals surface area contributed by atoms with Crippen molar-refractivity contribution in [1.82, 2.24) is 9.55 Å². The molecule has 1 heterocycles. The third kappa shape index (κ3) is 2.83. The molecule has 0 amide bonds. The Morgan fingerprint density at radius 1 is 1.26 bits per heavy atom. The highest BCUT2D eigenvalue weighted by molar-refractivity contribution is 9.10. The Labute approximate surface area is 121 Å². The SMILES string of the molecule is CCOC(OCC)c1nc2cc(Br)c(C)cc2n1C. The van der Waals surface area contributed by atoms with E-state index in [1.54, 1.807) is 0 Å². The molecule has 19 heavy (non-hydrogen) atoms. The lowest BCUT2D eigenvalue weighted by molar-refractivity contribution is -0.146. The fourth-order valence-corrected chi connectivity index (χ4v) is 2.38. The molecule has 0 atom stereocenters. The summed E-state index contributed by atoms with van der Waals surface area (Å²) in [5, 5.41) is 0. The van der Waals surface area contributed by atoms with Crippen molar-refractivity contribution in [2.75, 3.05) is 13.2 Å². The van der Waals surface area contributed by atoms with Gasteiger partial charge in [-0.1, -0.05) is 15.9 Å². The molecule has 0 saturated carbocycles. The first-order valence-corrected chi connectivity index (χ1v) is 7.23. The van der Waals surface area contributed by atoms with Crippen LogP contribution in [0.3, 0.4) is 0 Å². The number of hydrogen-bond acceptors (Lipinski definition) is 3. The predicted molar refractivity (Wildman–Crippen MR) is 79.1 cm³/mol. The van der Waals surface area contributed by atoms with Crippen molar-refractivity contribution in [3.8, 4) is 0 Å². The molecule has 0 N–H and O–H groups in total. The molecule has 0 bridgehead atoms. The molecule has 104 valence electrons. The normalized spacial score (nSPS) is 11.7. The molecule has 2 rings (SSSR count). The highest BCUT2D eigenvalue weighted by Crippen LogP contribution is 2.27. The molecule has 0 aliphatic rings. The van der Waals surface area contributed by atoms with E-state index in [0.29, 0.717) is 13.2 Å². The maximum absolute atomic E-state index is 5.62. The minimum absolute atomic E-state index is 0.411. The Kier molecular flexibility index (Phi) is 4.60. The summed E-state index contributed by atoms with van der Waals surface area (Å²) in [4.78, 5) is 4.63. The lowest BCUT2D eigenvalue weighted by Crippen LogP contribution is -2.13. The van der Waals surface area contributed by atoms with Crippen LogP contribution in [0.25, 0.3) is 11.0 Å². The van der Waals surface area contributed by atoms with E-state index >= 15 is 0 Å². The predicted octanol–water partition coefficient (Wildman–Crippen LogP) is 3.72. The second-order valence-corrected chi connectivity index (χ2v) is 5.22. The van der Waals surface area contributed by atoms with E-state index in [9.17, 15) is 0 Å². The second-order valence-electron chi connectivity index (χ2n) is 4.36. The Morgan fingerprint density at radius 3 is 2.47 bits per heavy atom. The van der Waals surface area contributed by atoms with E-state index in [1.807, 2.05) is 31.5 Å². The summed E-state index contributed by atoms with van der Waals surface area (Å²) >= 11 is 3.54. The van der Waals surface area contributed by atoms with E-state index in [1.165, 1.54) is 5.56 Å². The van der Waals surface area contributed by atoms with Crippen LogP contribution < -0.4 is 0 Å². The molecule has 2 aromatic rings. The molecule has 0 radical (unpaired) electrons. The molecule has 1 aromatic carbocycles. The van der Waals surface area contributed by atoms with E-state index in [0.717, 1.165) is 21.3 Å². The Morgan fingerprint density at radius 2 is 1.89 bits per heavy atom. The topological polar surface area (TPSA) is 36.3 Å². The molecule has 4 nitrogen and oxygen atoms in total. The summed E-state index contributed by atoms with van der Waals surface area (Å²) < 4.78 is 14.3. The molecular weight excluding hydrogens is 308 g/mol. The third-order valence-corrected chi connectivity index (χ3v) is 3.90. The van der Waals surface area contributed by atoms with Crippen LogP contribution in [0.2, 0.25) is 0 Å². The van der Waals surface area contributed by atoms with Gasteiger partial charge in [0.25, 0.3) is 0 Å². The van der Waals surface area contributed by atoms with Gasteiger partial charge in [-0.3, -0.25) is 0 Å². The Hall–Kier alpha value is -0.910. The number of ether oxygens (including phenoxy) is 2. The minimum Gasteiger partial charge on any atom is -0.346 e. The zero-order valence-electron chi connectivity index (χ0n) is 11.7. The van der Waals surface area contributed by atoms with Gasteiger partial charge in [-0.15, -0.1) is 0 Å². The molecule has 0 fully saturated rings. The second kappa shape index (κ2) is 6.03. The van der Waals surface area contributed by atoms with Crippen LogP contribution in [0.5, 0.6) is 0 Å². The molecule has 1 aromatic heterocycles. The fraction of sp³-hybridized carbons (Fsp3) is 0.500. The van der Waals surface area contributed by atoms with E-state index in [4.69, 9.17) is 9.47 Å². The van der Waals surface area contributed by atoms with Crippen molar-refractivity contribution in [2.24, 2.45) is 7.05 Å². The van der Waals surface area contributed by atoms with Gasteiger partial charge in [-0.2, -0.15) is 0 Å². The largest absolute Gasteiger partial charge is 0.346 e. The summed E-state index contributed by atoms with van der Waals surface area (Å²) in [6, 6.07) is 4.15. The number of aryl methyl sites for hydroxylation is 2. The molecule has 0 spiro atoms. The summed E-state index contributed by atoms with van der Waals surface area (Å²) in [5.74, 6) is 0.802. The first kappa shape index (κ1) is 14.5. The van der Waals surface area contributed by atoms with E-state index in [2.05, 4.69) is 33.9 Å². The van der Waals surface area contributed by atoms with Gasteiger partial charge in [0, 0.05) is 24.7 Å². The number of benzene rings is 1. The molecule has 0 aliphatic heterocycles. The Bertz CT molecular complexity index is 574. The molecule has 0 aliphatic carbocycles. The molecular formula is C14H19BrN2O2. The monoisotopic (exact) mass is 326 g/mol. The highest BCUT2D eigenvalue weighted by Gasteiger charge is 2.19. The van der Waals surface area contributed by atoms with Gasteiger partial charge in [0.1, 0.15) is 0 Å². The van der Waals surface area contributed by atoms with Crippen LogP contribution in [-0.4, -0.2) is 22.8 Å². The minimum atomic E-state index is -0.411. The van der Waals surface area contributed by atoms with Gasteiger partial charge in [0.05, 0.1) is 11.0 Å². The van der Waals surface area contributed by atoms with Gasteiger partial charge >= 0.3 is 0 Å². The van der Waals surface area contributed by atoms with Gasteiger partial charge in [0.15, 0.2) is 5.82 Å². The summed E-state index contributed by atoms with van der Waals surface area (Å²) in [5.41, 5.74) is 3.21. The van der Waals surface area contributed by atoms with Crippen molar-refractivity contribution in [1.29, 1.82) is 0 Å². The first-order chi connectivity index (χ1) is 9.08. The molecule has 5 heteroatoms. The maximum Gasteiger partial charge on any atom is 0.217 e. The molecule has 0 unspecified atom stereocenters. The summed E-state index contributed by atoms with van der Waals surface area (Å²) in [6.07, 6.45) is -0.411. The van der Waals surface area contributed by atoms with Gasteiger partial charge in [-0.05, 0) is 38.5 Å². The maximum atomic E-state index is 5.62. The number of rotatable bonds is 5. The van der Waals surface area contributed by atoms with Crippen molar-refractivity contribution in [3.05, 3.63) is 28.0 Å². The lowest BCUT2D eigenvalue weighted by Gasteiger charge is -2.16. The fourth-order valence-electron chi connectivity index (χ4n) is 2.05. The van der Waals surface area contributed by atoms with Crippen LogP contribution in [0.15, 0.2) is 16.6 Å². The van der Waals surface area contributed by atoms with Crippen LogP contribution in [0.4, 0.5) is 0 Å². The zero-order chi connectivity index (χ0) is 14.0. The number of fused-ring (bicyclic) bond motifs is 1.